The van der Waals surface area contributed by atoms with Gasteiger partial charge in [0.25, 0.3) is 5.91 Å². The molecule has 0 aliphatic carbocycles. The first-order valence-corrected chi connectivity index (χ1v) is 7.02. The second-order valence-electron chi connectivity index (χ2n) is 3.68. The number of phenolic OH excluding ortho intramolecular Hbond substituents is 1. The third-order valence-corrected chi connectivity index (χ3v) is 3.57. The van der Waals surface area contributed by atoms with Gasteiger partial charge >= 0.3 is 0 Å². The lowest BCUT2D eigenvalue weighted by molar-refractivity contribution is -0.116. The summed E-state index contributed by atoms with van der Waals surface area (Å²) in [6.45, 7) is 2.24. The molecule has 5 nitrogen and oxygen atoms in total. The molecular weight excluding hydrogens is 380 g/mol. The van der Waals surface area contributed by atoms with Crippen LogP contribution in [0.2, 0.25) is 0 Å². The van der Waals surface area contributed by atoms with Gasteiger partial charge in [0.05, 0.1) is 15.6 Å². The summed E-state index contributed by atoms with van der Waals surface area (Å²) < 4.78 is 6.33. The molecule has 0 aromatic heterocycles. The zero-order chi connectivity index (χ0) is 14.0. The summed E-state index contributed by atoms with van der Waals surface area (Å²) in [5, 5.41) is 13.4. The highest BCUT2D eigenvalue weighted by Gasteiger charge is 2.24. The number of carbonyl (C=O) groups excluding carboxylic acids is 1. The molecule has 100 valence electrons. The summed E-state index contributed by atoms with van der Waals surface area (Å²) in [6.07, 6.45) is 1.64. The van der Waals surface area contributed by atoms with Gasteiger partial charge in [0.1, 0.15) is 11.3 Å². The van der Waals surface area contributed by atoms with Crippen LogP contribution >= 0.6 is 31.9 Å². The van der Waals surface area contributed by atoms with E-state index < -0.39 is 0 Å². The smallest absolute Gasteiger partial charge is 0.277 e. The molecule has 0 spiro atoms. The number of phenols is 1. The van der Waals surface area contributed by atoms with Crippen molar-refractivity contribution in [2.75, 3.05) is 6.61 Å². The largest absolute Gasteiger partial charge is 0.506 e. The summed E-state index contributed by atoms with van der Waals surface area (Å²) in [7, 11) is 0. The fourth-order valence-electron chi connectivity index (χ4n) is 1.53. The van der Waals surface area contributed by atoms with Gasteiger partial charge in [-0.15, -0.1) is 5.10 Å². The van der Waals surface area contributed by atoms with Crippen LogP contribution in [0.4, 0.5) is 0 Å². The average Bonchev–Trinajstić information content (AvgIpc) is 2.69. The first-order valence-electron chi connectivity index (χ1n) is 5.43. The Morgan fingerprint density at radius 1 is 1.42 bits per heavy atom. The van der Waals surface area contributed by atoms with Gasteiger partial charge in [0.15, 0.2) is 0 Å². The van der Waals surface area contributed by atoms with Crippen LogP contribution in [0.25, 0.3) is 6.08 Å². The molecule has 0 bridgehead atoms. The van der Waals surface area contributed by atoms with Crippen molar-refractivity contribution < 1.29 is 14.6 Å². The van der Waals surface area contributed by atoms with E-state index in [1.54, 1.807) is 18.2 Å². The summed E-state index contributed by atoms with van der Waals surface area (Å²) in [5.41, 5.74) is 3.43. The topological polar surface area (TPSA) is 70.9 Å². The Bertz CT molecular complexity index is 574. The number of benzene rings is 1. The second kappa shape index (κ2) is 5.75. The lowest BCUT2D eigenvalue weighted by Crippen LogP contribution is -2.14. The van der Waals surface area contributed by atoms with Gasteiger partial charge in [-0.2, -0.15) is 0 Å². The van der Waals surface area contributed by atoms with Crippen LogP contribution < -0.4 is 5.43 Å². The molecule has 0 saturated heterocycles. The standard InChI is InChI=1S/C12H10Br2N2O3/c1-2-19-12-7(11(18)15-16-12)3-6-4-8(13)10(17)9(14)5-6/h3-5,17H,2H2,1H3,(H,15,18)/b7-3-. The zero-order valence-electron chi connectivity index (χ0n) is 9.91. The van der Waals surface area contributed by atoms with Gasteiger partial charge in [0, 0.05) is 0 Å². The molecule has 1 aliphatic rings. The molecule has 0 unspecified atom stereocenters. The van der Waals surface area contributed by atoms with Gasteiger partial charge in [0.2, 0.25) is 5.90 Å². The van der Waals surface area contributed by atoms with E-state index in [0.717, 1.165) is 5.56 Å². The molecule has 0 fully saturated rings. The van der Waals surface area contributed by atoms with Crippen molar-refractivity contribution in [1.29, 1.82) is 0 Å². The van der Waals surface area contributed by atoms with Crippen LogP contribution in [0.3, 0.4) is 0 Å². The molecule has 1 heterocycles. The van der Waals surface area contributed by atoms with E-state index in [1.165, 1.54) is 0 Å². The van der Waals surface area contributed by atoms with Gasteiger partial charge in [-0.1, -0.05) is 0 Å². The Morgan fingerprint density at radius 2 is 2.05 bits per heavy atom. The SMILES string of the molecule is CCOC1=NNC(=O)/C1=C/c1cc(Br)c(O)c(Br)c1. The van der Waals surface area contributed by atoms with Crippen molar-refractivity contribution in [3.63, 3.8) is 0 Å². The molecule has 2 rings (SSSR count). The highest BCUT2D eigenvalue weighted by molar-refractivity contribution is 9.11. The molecule has 0 radical (unpaired) electrons. The lowest BCUT2D eigenvalue weighted by atomic mass is 10.1. The molecule has 19 heavy (non-hydrogen) atoms. The summed E-state index contributed by atoms with van der Waals surface area (Å²) in [6, 6.07) is 3.39. The number of hydrogen-bond acceptors (Lipinski definition) is 4. The van der Waals surface area contributed by atoms with Crippen molar-refractivity contribution in [2.45, 2.75) is 6.92 Å². The highest BCUT2D eigenvalue weighted by atomic mass is 79.9. The second-order valence-corrected chi connectivity index (χ2v) is 5.39. The Labute approximate surface area is 126 Å². The van der Waals surface area contributed by atoms with E-state index in [-0.39, 0.29) is 17.6 Å². The maximum atomic E-state index is 11.7. The third-order valence-electron chi connectivity index (χ3n) is 2.37. The lowest BCUT2D eigenvalue weighted by Gasteiger charge is -2.05. The number of nitrogens with one attached hydrogen (secondary N) is 1. The first-order chi connectivity index (χ1) is 9.02. The Kier molecular flexibility index (Phi) is 4.26. The average molecular weight is 390 g/mol. The molecule has 1 aromatic rings. The van der Waals surface area contributed by atoms with Crippen molar-refractivity contribution in [2.24, 2.45) is 5.10 Å². The highest BCUT2D eigenvalue weighted by Crippen LogP contribution is 2.34. The van der Waals surface area contributed by atoms with Crippen LogP contribution in [0.5, 0.6) is 5.75 Å². The third kappa shape index (κ3) is 2.98. The maximum absolute atomic E-state index is 11.7. The van der Waals surface area contributed by atoms with E-state index in [1.807, 2.05) is 6.92 Å². The molecule has 7 heteroatoms. The molecular formula is C12H10Br2N2O3. The Morgan fingerprint density at radius 3 is 2.63 bits per heavy atom. The zero-order valence-corrected chi connectivity index (χ0v) is 13.1. The number of halogens is 2. The number of hydrogen-bond donors (Lipinski definition) is 2. The minimum absolute atomic E-state index is 0.108. The van der Waals surface area contributed by atoms with E-state index in [9.17, 15) is 9.90 Å². The number of rotatable bonds is 2. The number of carbonyl (C=O) groups is 1. The fraction of sp³-hybridized carbons (Fsp3) is 0.167. The van der Waals surface area contributed by atoms with E-state index in [2.05, 4.69) is 42.4 Å². The van der Waals surface area contributed by atoms with Crippen molar-refractivity contribution in [3.8, 4) is 5.75 Å². The number of aromatic hydroxyl groups is 1. The monoisotopic (exact) mass is 388 g/mol. The predicted octanol–water partition coefficient (Wildman–Crippen LogP) is 2.78. The maximum Gasteiger partial charge on any atom is 0.277 e. The van der Waals surface area contributed by atoms with E-state index >= 15 is 0 Å². The molecule has 1 aromatic carbocycles. The number of ether oxygens (including phenoxy) is 1. The number of amides is 1. The summed E-state index contributed by atoms with van der Waals surface area (Å²) in [4.78, 5) is 11.7. The van der Waals surface area contributed by atoms with Crippen LogP contribution in [0.1, 0.15) is 12.5 Å². The number of hydrazone groups is 1. The summed E-state index contributed by atoms with van der Waals surface area (Å²) in [5.74, 6) is 0.0633. The molecule has 2 N–H and O–H groups in total. The molecule has 1 amide bonds. The Hall–Kier alpha value is -1.34. The summed E-state index contributed by atoms with van der Waals surface area (Å²) >= 11 is 6.47. The van der Waals surface area contributed by atoms with Crippen molar-refractivity contribution in [3.05, 3.63) is 32.2 Å². The van der Waals surface area contributed by atoms with E-state index in [0.29, 0.717) is 21.1 Å². The van der Waals surface area contributed by atoms with Crippen molar-refractivity contribution in [1.82, 2.24) is 5.43 Å². The van der Waals surface area contributed by atoms with Crippen LogP contribution in [0, 0.1) is 0 Å². The van der Waals surface area contributed by atoms with Gasteiger partial charge in [-0.05, 0) is 62.6 Å². The molecule has 0 saturated carbocycles. The predicted molar refractivity (Wildman–Crippen MR) is 78.7 cm³/mol. The minimum Gasteiger partial charge on any atom is -0.506 e. The molecule has 1 aliphatic heterocycles. The van der Waals surface area contributed by atoms with Gasteiger partial charge in [-0.3, -0.25) is 4.79 Å². The Balaban J connectivity index is 2.40. The van der Waals surface area contributed by atoms with Crippen LogP contribution in [-0.2, 0) is 9.53 Å². The van der Waals surface area contributed by atoms with Crippen LogP contribution in [0.15, 0.2) is 31.8 Å². The normalized spacial score (nSPS) is 16.5. The fourth-order valence-corrected chi connectivity index (χ4v) is 2.75. The van der Waals surface area contributed by atoms with Crippen LogP contribution in [-0.4, -0.2) is 23.5 Å². The molecule has 0 atom stereocenters. The van der Waals surface area contributed by atoms with Gasteiger partial charge < -0.3 is 9.84 Å². The van der Waals surface area contributed by atoms with Gasteiger partial charge in [-0.25, -0.2) is 5.43 Å². The first kappa shape index (κ1) is 14.1. The van der Waals surface area contributed by atoms with Crippen molar-refractivity contribution >= 4 is 49.7 Å². The quantitative estimate of drug-likeness (QED) is 0.764. The number of nitrogens with zero attached hydrogens (tertiary/aromatic N) is 1. The minimum atomic E-state index is -0.316. The van der Waals surface area contributed by atoms with E-state index in [4.69, 9.17) is 4.74 Å².